The van der Waals surface area contributed by atoms with Gasteiger partial charge in [0.25, 0.3) is 11.8 Å². The van der Waals surface area contributed by atoms with Crippen LogP contribution in [0.1, 0.15) is 40.6 Å². The van der Waals surface area contributed by atoms with E-state index >= 15 is 0 Å². The van der Waals surface area contributed by atoms with Crippen LogP contribution in [-0.2, 0) is 6.54 Å². The van der Waals surface area contributed by atoms with Crippen molar-refractivity contribution in [3.05, 3.63) is 41.5 Å². The molecule has 154 valence electrons. The minimum atomic E-state index is -0.102. The predicted octanol–water partition coefficient (Wildman–Crippen LogP) is 1.90. The average molecular weight is 406 g/mol. The summed E-state index contributed by atoms with van der Waals surface area (Å²) in [5.74, 6) is 2.44. The van der Waals surface area contributed by atoms with Crippen molar-refractivity contribution in [2.45, 2.75) is 25.3 Å². The number of nitrogens with zero attached hydrogens (tertiary/aromatic N) is 5. The van der Waals surface area contributed by atoms with E-state index in [1.165, 1.54) is 0 Å². The SMILES string of the molecule is CN1CCC(c2noc(-c3cnc(Nc4ccc5c(n4)CNC5=O)cc3N)n2)CC1. The zero-order valence-corrected chi connectivity index (χ0v) is 16.6. The van der Waals surface area contributed by atoms with Crippen molar-refractivity contribution >= 4 is 23.2 Å². The number of fused-ring (bicyclic) bond motifs is 1. The third-order valence-corrected chi connectivity index (χ3v) is 5.58. The second-order valence-electron chi connectivity index (χ2n) is 7.69. The molecule has 5 heterocycles. The number of piperidine rings is 1. The van der Waals surface area contributed by atoms with Gasteiger partial charge >= 0.3 is 0 Å². The summed E-state index contributed by atoms with van der Waals surface area (Å²) in [6.07, 6.45) is 3.64. The zero-order valence-electron chi connectivity index (χ0n) is 16.6. The van der Waals surface area contributed by atoms with Gasteiger partial charge in [0.15, 0.2) is 5.82 Å². The first-order chi connectivity index (χ1) is 14.6. The van der Waals surface area contributed by atoms with Crippen LogP contribution < -0.4 is 16.4 Å². The molecule has 1 amide bonds. The molecule has 0 aliphatic carbocycles. The Balaban J connectivity index is 1.32. The first kappa shape index (κ1) is 18.5. The predicted molar refractivity (Wildman–Crippen MR) is 110 cm³/mol. The van der Waals surface area contributed by atoms with E-state index in [0.29, 0.717) is 52.5 Å². The molecule has 30 heavy (non-hydrogen) atoms. The number of nitrogens with one attached hydrogen (secondary N) is 2. The Bertz CT molecular complexity index is 1100. The van der Waals surface area contributed by atoms with Crippen molar-refractivity contribution < 1.29 is 9.32 Å². The smallest absolute Gasteiger partial charge is 0.261 e. The van der Waals surface area contributed by atoms with E-state index in [-0.39, 0.29) is 5.91 Å². The van der Waals surface area contributed by atoms with Gasteiger partial charge in [0.2, 0.25) is 0 Å². The molecular weight excluding hydrogens is 384 g/mol. The Morgan fingerprint density at radius 2 is 2.03 bits per heavy atom. The van der Waals surface area contributed by atoms with Gasteiger partial charge in [-0.2, -0.15) is 4.98 Å². The molecule has 10 nitrogen and oxygen atoms in total. The molecule has 1 fully saturated rings. The maximum atomic E-state index is 11.6. The molecule has 0 unspecified atom stereocenters. The van der Waals surface area contributed by atoms with Crippen LogP contribution >= 0.6 is 0 Å². The second kappa shape index (κ2) is 7.38. The van der Waals surface area contributed by atoms with Crippen molar-refractivity contribution in [1.82, 2.24) is 30.3 Å². The van der Waals surface area contributed by atoms with Crippen LogP contribution in [0.25, 0.3) is 11.5 Å². The number of aromatic nitrogens is 4. The van der Waals surface area contributed by atoms with Crippen LogP contribution in [0, 0.1) is 0 Å². The van der Waals surface area contributed by atoms with Gasteiger partial charge in [-0.3, -0.25) is 4.79 Å². The largest absolute Gasteiger partial charge is 0.398 e. The van der Waals surface area contributed by atoms with Crippen LogP contribution in [0.15, 0.2) is 28.9 Å². The highest BCUT2D eigenvalue weighted by atomic mass is 16.5. The monoisotopic (exact) mass is 406 g/mol. The van der Waals surface area contributed by atoms with Gasteiger partial charge in [-0.05, 0) is 45.1 Å². The third kappa shape index (κ3) is 3.45. The fourth-order valence-electron chi connectivity index (χ4n) is 3.80. The number of rotatable bonds is 4. The summed E-state index contributed by atoms with van der Waals surface area (Å²) in [5, 5.41) is 10.0. The topological polar surface area (TPSA) is 135 Å². The number of hydrogen-bond acceptors (Lipinski definition) is 9. The molecule has 0 aromatic carbocycles. The van der Waals surface area contributed by atoms with E-state index in [1.54, 1.807) is 24.4 Å². The highest BCUT2D eigenvalue weighted by Crippen LogP contribution is 2.30. The van der Waals surface area contributed by atoms with Crippen LogP contribution in [0.3, 0.4) is 0 Å². The summed E-state index contributed by atoms with van der Waals surface area (Å²) >= 11 is 0. The van der Waals surface area contributed by atoms with Crippen molar-refractivity contribution in [3.8, 4) is 11.5 Å². The van der Waals surface area contributed by atoms with E-state index in [2.05, 4.69) is 42.7 Å². The molecular formula is C20H22N8O2. The van der Waals surface area contributed by atoms with E-state index in [4.69, 9.17) is 10.3 Å². The molecule has 3 aromatic rings. The first-order valence-electron chi connectivity index (χ1n) is 9.90. The van der Waals surface area contributed by atoms with Crippen LogP contribution in [0.2, 0.25) is 0 Å². The normalized spacial score (nSPS) is 17.0. The minimum Gasteiger partial charge on any atom is -0.398 e. The number of pyridine rings is 2. The molecule has 0 atom stereocenters. The molecule has 5 rings (SSSR count). The molecule has 2 aliphatic rings. The Labute approximate surface area is 172 Å². The van der Waals surface area contributed by atoms with Gasteiger partial charge in [-0.15, -0.1) is 0 Å². The molecule has 0 bridgehead atoms. The van der Waals surface area contributed by atoms with Gasteiger partial charge in [-0.1, -0.05) is 5.16 Å². The summed E-state index contributed by atoms with van der Waals surface area (Å²) in [6.45, 7) is 2.48. The summed E-state index contributed by atoms with van der Waals surface area (Å²) in [5.41, 5.74) is 8.62. The third-order valence-electron chi connectivity index (χ3n) is 5.58. The first-order valence-corrected chi connectivity index (χ1v) is 9.90. The number of carbonyl (C=O) groups excluding carboxylic acids is 1. The van der Waals surface area contributed by atoms with Crippen molar-refractivity contribution in [2.24, 2.45) is 0 Å². The zero-order chi connectivity index (χ0) is 20.7. The number of hydrogen-bond donors (Lipinski definition) is 3. The fraction of sp³-hybridized carbons (Fsp3) is 0.350. The van der Waals surface area contributed by atoms with Gasteiger partial charge in [0, 0.05) is 23.9 Å². The minimum absolute atomic E-state index is 0.102. The van der Waals surface area contributed by atoms with E-state index < -0.39 is 0 Å². The lowest BCUT2D eigenvalue weighted by molar-refractivity contribution is 0.0966. The molecule has 0 saturated carbocycles. The fourth-order valence-corrected chi connectivity index (χ4v) is 3.80. The quantitative estimate of drug-likeness (QED) is 0.593. The molecule has 2 aliphatic heterocycles. The van der Waals surface area contributed by atoms with Gasteiger partial charge < -0.3 is 25.8 Å². The van der Waals surface area contributed by atoms with Crippen LogP contribution in [0.4, 0.5) is 17.3 Å². The maximum absolute atomic E-state index is 11.6. The molecule has 0 spiro atoms. The van der Waals surface area contributed by atoms with E-state index in [9.17, 15) is 4.79 Å². The number of carbonyl (C=O) groups is 1. The standard InChI is InChI=1S/C20H22N8O2/c1-28-6-4-11(5-7-28)18-26-20(30-27-18)13-9-22-17(8-14(13)21)25-16-3-2-12-15(24-16)10-23-19(12)29/h2-3,8-9,11H,4-7,10H2,1H3,(H,23,29)(H3,21,22,24,25). The Morgan fingerprint density at radius 3 is 2.83 bits per heavy atom. The molecule has 4 N–H and O–H groups in total. The Hall–Kier alpha value is -3.53. The van der Waals surface area contributed by atoms with E-state index in [0.717, 1.165) is 31.8 Å². The average Bonchev–Trinajstić information content (AvgIpc) is 3.36. The van der Waals surface area contributed by atoms with Gasteiger partial charge in [0.1, 0.15) is 11.6 Å². The van der Waals surface area contributed by atoms with Crippen LogP contribution in [0.5, 0.6) is 0 Å². The highest BCUT2D eigenvalue weighted by Gasteiger charge is 2.24. The number of nitrogens with two attached hydrogens (primary N) is 1. The lowest BCUT2D eigenvalue weighted by atomic mass is 9.96. The molecule has 0 radical (unpaired) electrons. The highest BCUT2D eigenvalue weighted by molar-refractivity contribution is 5.98. The van der Waals surface area contributed by atoms with Gasteiger partial charge in [-0.25, -0.2) is 9.97 Å². The number of amides is 1. The summed E-state index contributed by atoms with van der Waals surface area (Å²) < 4.78 is 5.46. The molecule has 1 saturated heterocycles. The van der Waals surface area contributed by atoms with Crippen molar-refractivity contribution in [2.75, 3.05) is 31.2 Å². The Morgan fingerprint density at radius 1 is 1.20 bits per heavy atom. The molecule has 3 aromatic heterocycles. The lowest BCUT2D eigenvalue weighted by Crippen LogP contribution is -2.29. The Kier molecular flexibility index (Phi) is 4.55. The number of likely N-dealkylation sites (tertiary alicyclic amines) is 1. The van der Waals surface area contributed by atoms with Crippen molar-refractivity contribution in [3.63, 3.8) is 0 Å². The van der Waals surface area contributed by atoms with Crippen LogP contribution in [-0.4, -0.2) is 51.1 Å². The molecule has 10 heteroatoms. The van der Waals surface area contributed by atoms with Gasteiger partial charge in [0.05, 0.1) is 23.4 Å². The number of anilines is 3. The lowest BCUT2D eigenvalue weighted by Gasteiger charge is -2.26. The summed E-state index contributed by atoms with van der Waals surface area (Å²) in [7, 11) is 2.12. The maximum Gasteiger partial charge on any atom is 0.261 e. The number of nitrogen functional groups attached to an aromatic ring is 1. The second-order valence-corrected chi connectivity index (χ2v) is 7.69. The summed E-state index contributed by atoms with van der Waals surface area (Å²) in [6, 6.07) is 5.18. The van der Waals surface area contributed by atoms with E-state index in [1.807, 2.05) is 0 Å². The van der Waals surface area contributed by atoms with Crippen molar-refractivity contribution in [1.29, 1.82) is 0 Å². The summed E-state index contributed by atoms with van der Waals surface area (Å²) in [4.78, 5) is 27.4.